The highest BCUT2D eigenvalue weighted by molar-refractivity contribution is 5.93. The molecular formula is C36H47F5N4O2. The number of esters is 1. The smallest absolute Gasteiger partial charge is 0.433 e. The molecule has 258 valence electrons. The Morgan fingerprint density at radius 1 is 1.15 bits per heavy atom. The van der Waals surface area contributed by atoms with Crippen LogP contribution in [0.3, 0.4) is 0 Å². The summed E-state index contributed by atoms with van der Waals surface area (Å²) >= 11 is 0. The predicted octanol–water partition coefficient (Wildman–Crippen LogP) is 9.46. The van der Waals surface area contributed by atoms with E-state index in [4.69, 9.17) is 9.72 Å². The average Bonchev–Trinajstić information content (AvgIpc) is 3.02. The Balaban J connectivity index is 0.000000463. The molecule has 0 spiro atoms. The summed E-state index contributed by atoms with van der Waals surface area (Å²) in [6.45, 7) is 18.0. The summed E-state index contributed by atoms with van der Waals surface area (Å²) in [5.41, 5.74) is 1.25. The van der Waals surface area contributed by atoms with E-state index in [1.807, 2.05) is 20.8 Å². The molecule has 0 radical (unpaired) electrons. The second-order valence-electron chi connectivity index (χ2n) is 11.6. The molecule has 1 aromatic carbocycles. The standard InChI is InChI=1S/C26H33F2N3O2.C10H14F3N/c1-6-24(32)33-26(5,7-2)21-16-29-18(4)30-25(21)19-11-13-31(14-12-19)17(3)15-20-22(27)9-8-10-23(20)28;1-4-6-8(3)14-9(7-5-2)10(11,12)13/h8-10,16,19H,3,6-7,11-15H2,1-2,4-5H3;4,6-7H,5H2,1-3H3/b;6-4-,9-7+,14-8+. The number of carbonyl (C=O) groups excluding carboxylic acids is 1. The number of alkyl halides is 3. The maximum atomic E-state index is 14.1. The summed E-state index contributed by atoms with van der Waals surface area (Å²) in [7, 11) is 0. The van der Waals surface area contributed by atoms with Crippen molar-refractivity contribution in [1.82, 2.24) is 14.9 Å². The van der Waals surface area contributed by atoms with Crippen LogP contribution in [0.5, 0.6) is 0 Å². The Hall–Kier alpha value is -3.89. The molecule has 0 aliphatic carbocycles. The number of piperidine rings is 1. The van der Waals surface area contributed by atoms with E-state index in [0.717, 1.165) is 30.2 Å². The monoisotopic (exact) mass is 662 g/mol. The molecule has 47 heavy (non-hydrogen) atoms. The summed E-state index contributed by atoms with van der Waals surface area (Å²) < 4.78 is 70.9. The maximum absolute atomic E-state index is 14.1. The van der Waals surface area contributed by atoms with Gasteiger partial charge in [0.15, 0.2) is 0 Å². The Morgan fingerprint density at radius 2 is 1.77 bits per heavy atom. The second kappa shape index (κ2) is 17.9. The number of hydrogen-bond acceptors (Lipinski definition) is 6. The van der Waals surface area contributed by atoms with Crippen LogP contribution in [-0.2, 0) is 21.6 Å². The van der Waals surface area contributed by atoms with Crippen molar-refractivity contribution in [1.29, 1.82) is 0 Å². The molecule has 0 amide bonds. The van der Waals surface area contributed by atoms with Crippen LogP contribution in [0.1, 0.15) is 102 Å². The maximum Gasteiger partial charge on any atom is 0.433 e. The highest BCUT2D eigenvalue weighted by atomic mass is 19.4. The Bertz CT molecular complexity index is 1440. The van der Waals surface area contributed by atoms with Gasteiger partial charge in [0.2, 0.25) is 0 Å². The highest BCUT2D eigenvalue weighted by Gasteiger charge is 2.36. The van der Waals surface area contributed by atoms with Gasteiger partial charge in [-0.25, -0.2) is 23.7 Å². The first-order chi connectivity index (χ1) is 22.1. The third-order valence-electron chi connectivity index (χ3n) is 7.97. The molecule has 1 unspecified atom stereocenters. The molecule has 1 aromatic heterocycles. The van der Waals surface area contributed by atoms with E-state index in [0.29, 0.717) is 49.6 Å². The van der Waals surface area contributed by atoms with Crippen molar-refractivity contribution >= 4 is 11.7 Å². The summed E-state index contributed by atoms with van der Waals surface area (Å²) in [6.07, 6.45) is 4.69. The lowest BCUT2D eigenvalue weighted by Crippen LogP contribution is -2.35. The summed E-state index contributed by atoms with van der Waals surface area (Å²) in [5.74, 6) is -0.504. The average molecular weight is 663 g/mol. The number of likely N-dealkylation sites (tertiary alicyclic amines) is 1. The van der Waals surface area contributed by atoms with Crippen LogP contribution in [0, 0.1) is 18.6 Å². The third kappa shape index (κ3) is 11.4. The van der Waals surface area contributed by atoms with Crippen molar-refractivity contribution in [2.75, 3.05) is 13.1 Å². The molecule has 1 aliphatic heterocycles. The van der Waals surface area contributed by atoms with Crippen molar-refractivity contribution in [2.24, 2.45) is 4.99 Å². The minimum Gasteiger partial charge on any atom is -0.454 e. The van der Waals surface area contributed by atoms with E-state index < -0.39 is 29.1 Å². The molecule has 3 rings (SSSR count). The van der Waals surface area contributed by atoms with Gasteiger partial charge >= 0.3 is 12.1 Å². The Labute approximate surface area is 275 Å². The minimum absolute atomic E-state index is 0.0507. The van der Waals surface area contributed by atoms with Gasteiger partial charge < -0.3 is 9.64 Å². The number of carbonyl (C=O) groups is 1. The van der Waals surface area contributed by atoms with Gasteiger partial charge in [0.05, 0.1) is 5.69 Å². The Morgan fingerprint density at radius 3 is 2.28 bits per heavy atom. The summed E-state index contributed by atoms with van der Waals surface area (Å²) in [5, 5.41) is 0. The van der Waals surface area contributed by atoms with Gasteiger partial charge in [-0.2, -0.15) is 13.2 Å². The molecule has 1 saturated heterocycles. The quantitative estimate of drug-likeness (QED) is 0.136. The third-order valence-corrected chi connectivity index (χ3v) is 7.97. The van der Waals surface area contributed by atoms with Crippen LogP contribution in [0.2, 0.25) is 0 Å². The molecule has 0 N–H and O–H groups in total. The number of aryl methyl sites for hydroxylation is 1. The van der Waals surface area contributed by atoms with Crippen LogP contribution in [0.4, 0.5) is 22.0 Å². The zero-order chi connectivity index (χ0) is 35.4. The van der Waals surface area contributed by atoms with E-state index in [2.05, 4.69) is 21.5 Å². The fraction of sp³-hybridized carbons (Fsp3) is 0.500. The number of aliphatic imine (C=N–C) groups is 1. The normalized spacial score (nSPS) is 16.0. The van der Waals surface area contributed by atoms with E-state index in [1.165, 1.54) is 31.2 Å². The number of benzene rings is 1. The topological polar surface area (TPSA) is 67.7 Å². The molecular weight excluding hydrogens is 615 g/mol. The fourth-order valence-corrected chi connectivity index (χ4v) is 5.22. The van der Waals surface area contributed by atoms with Crippen LogP contribution in [-0.4, -0.2) is 45.8 Å². The highest BCUT2D eigenvalue weighted by Crippen LogP contribution is 2.38. The molecule has 0 saturated carbocycles. The fourth-order valence-electron chi connectivity index (χ4n) is 5.22. The van der Waals surface area contributed by atoms with Gasteiger partial charge in [0.25, 0.3) is 0 Å². The largest absolute Gasteiger partial charge is 0.454 e. The van der Waals surface area contributed by atoms with Crippen LogP contribution < -0.4 is 0 Å². The summed E-state index contributed by atoms with van der Waals surface area (Å²) in [4.78, 5) is 26.8. The number of hydrogen-bond donors (Lipinski definition) is 0. The number of halogens is 5. The number of rotatable bonds is 11. The second-order valence-corrected chi connectivity index (χ2v) is 11.6. The predicted molar refractivity (Wildman–Crippen MR) is 176 cm³/mol. The van der Waals surface area contributed by atoms with Crippen molar-refractivity contribution in [3.63, 3.8) is 0 Å². The van der Waals surface area contributed by atoms with E-state index in [1.54, 1.807) is 33.0 Å². The van der Waals surface area contributed by atoms with Crippen LogP contribution >= 0.6 is 0 Å². The van der Waals surface area contributed by atoms with Crippen LogP contribution in [0.15, 0.2) is 65.6 Å². The number of ether oxygens (including phenoxy) is 1. The van der Waals surface area contributed by atoms with Gasteiger partial charge in [-0.3, -0.25) is 4.79 Å². The molecule has 2 heterocycles. The van der Waals surface area contributed by atoms with Crippen molar-refractivity contribution in [3.8, 4) is 0 Å². The Kier molecular flexibility index (Phi) is 14.9. The first-order valence-corrected chi connectivity index (χ1v) is 16.0. The van der Waals surface area contributed by atoms with Crippen molar-refractivity contribution in [3.05, 3.63) is 94.9 Å². The van der Waals surface area contributed by atoms with Gasteiger partial charge in [0.1, 0.15) is 28.8 Å². The number of allylic oxidation sites excluding steroid dienone is 5. The lowest BCUT2D eigenvalue weighted by atomic mass is 9.84. The van der Waals surface area contributed by atoms with E-state index >= 15 is 0 Å². The van der Waals surface area contributed by atoms with Crippen molar-refractivity contribution < 1.29 is 31.5 Å². The zero-order valence-electron chi connectivity index (χ0n) is 28.5. The number of nitrogens with zero attached hydrogens (tertiary/aromatic N) is 4. The van der Waals surface area contributed by atoms with Crippen molar-refractivity contribution in [2.45, 2.75) is 105 Å². The van der Waals surface area contributed by atoms with Gasteiger partial charge in [0, 0.05) is 60.6 Å². The molecule has 1 atom stereocenters. The molecule has 0 bridgehead atoms. The molecule has 6 nitrogen and oxygen atoms in total. The first-order valence-electron chi connectivity index (χ1n) is 16.0. The SMILES string of the molecule is C=C(Cc1c(F)cccc1F)N1CCC(c2nc(C)ncc2C(C)(CC)OC(=O)CC)CC1.C\C=C/C(C)=N/C(=C/CC)C(F)(F)F. The van der Waals surface area contributed by atoms with Gasteiger partial charge in [-0.05, 0) is 71.6 Å². The van der Waals surface area contributed by atoms with Crippen LogP contribution in [0.25, 0.3) is 0 Å². The molecule has 11 heteroatoms. The summed E-state index contributed by atoms with van der Waals surface area (Å²) in [6, 6.07) is 3.91. The number of aromatic nitrogens is 2. The van der Waals surface area contributed by atoms with Gasteiger partial charge in [-0.15, -0.1) is 0 Å². The lowest BCUT2D eigenvalue weighted by molar-refractivity contribution is -0.159. The molecule has 1 fully saturated rings. The lowest BCUT2D eigenvalue weighted by Gasteiger charge is -2.37. The minimum atomic E-state index is -4.36. The molecule has 2 aromatic rings. The van der Waals surface area contributed by atoms with E-state index in [-0.39, 0.29) is 23.9 Å². The van der Waals surface area contributed by atoms with E-state index in [9.17, 15) is 26.7 Å². The molecule has 1 aliphatic rings. The zero-order valence-corrected chi connectivity index (χ0v) is 28.5. The van der Waals surface area contributed by atoms with Gasteiger partial charge in [-0.1, -0.05) is 45.6 Å². The first kappa shape index (κ1) is 39.3.